The molecule has 0 spiro atoms. The lowest BCUT2D eigenvalue weighted by atomic mass is 9.77. The molecule has 0 nitrogen and oxygen atoms in total. The quantitative estimate of drug-likeness (QED) is 0.551. The normalized spacial score (nSPS) is 22.7. The molecule has 1 saturated carbocycles. The first kappa shape index (κ1) is 17.5. The fourth-order valence-electron chi connectivity index (χ4n) is 4.66. The summed E-state index contributed by atoms with van der Waals surface area (Å²) < 4.78 is 28.8. The van der Waals surface area contributed by atoms with Crippen LogP contribution in [0, 0.1) is 17.6 Å². The Labute approximate surface area is 154 Å². The van der Waals surface area contributed by atoms with Crippen molar-refractivity contribution >= 4 is 11.6 Å². The van der Waals surface area contributed by atoms with Crippen LogP contribution in [0.3, 0.4) is 0 Å². The Balaban J connectivity index is 1.57. The van der Waals surface area contributed by atoms with E-state index in [4.69, 9.17) is 0 Å². The van der Waals surface area contributed by atoms with Crippen molar-refractivity contribution in [3.8, 4) is 0 Å². The minimum atomic E-state index is -0.156. The molecular formula is C24H26F2. The summed E-state index contributed by atoms with van der Waals surface area (Å²) in [5, 5.41) is 0. The Morgan fingerprint density at radius 1 is 0.923 bits per heavy atom. The molecule has 0 atom stereocenters. The Morgan fingerprint density at radius 3 is 2.46 bits per heavy atom. The van der Waals surface area contributed by atoms with E-state index in [-0.39, 0.29) is 11.6 Å². The first-order valence-electron chi connectivity index (χ1n) is 9.93. The summed E-state index contributed by atoms with van der Waals surface area (Å²) in [5.74, 6) is 1.06. The summed E-state index contributed by atoms with van der Waals surface area (Å²) in [6.45, 7) is 2.27. The van der Waals surface area contributed by atoms with Gasteiger partial charge in [0.25, 0.3) is 0 Å². The lowest BCUT2D eigenvalue weighted by Crippen LogP contribution is -2.13. The van der Waals surface area contributed by atoms with Gasteiger partial charge < -0.3 is 0 Å². The van der Waals surface area contributed by atoms with Gasteiger partial charge in [0.1, 0.15) is 11.6 Å². The van der Waals surface area contributed by atoms with Gasteiger partial charge in [0.05, 0.1) is 0 Å². The van der Waals surface area contributed by atoms with Crippen LogP contribution in [0.1, 0.15) is 73.6 Å². The van der Waals surface area contributed by atoms with Crippen molar-refractivity contribution in [3.63, 3.8) is 0 Å². The number of hydrogen-bond acceptors (Lipinski definition) is 0. The van der Waals surface area contributed by atoms with E-state index in [2.05, 4.69) is 13.0 Å². The first-order chi connectivity index (χ1) is 12.7. The Bertz CT molecular complexity index is 826. The Hall–Kier alpha value is -1.96. The molecule has 0 radical (unpaired) electrons. The van der Waals surface area contributed by atoms with Crippen LogP contribution < -0.4 is 0 Å². The fourth-order valence-corrected chi connectivity index (χ4v) is 4.66. The highest BCUT2D eigenvalue weighted by Crippen LogP contribution is 2.39. The molecule has 2 aliphatic rings. The van der Waals surface area contributed by atoms with Crippen LogP contribution in [0.5, 0.6) is 0 Å². The average Bonchev–Trinajstić information content (AvgIpc) is 2.68. The average molecular weight is 352 g/mol. The summed E-state index contributed by atoms with van der Waals surface area (Å²) in [7, 11) is 0. The van der Waals surface area contributed by atoms with E-state index >= 15 is 0 Å². The summed E-state index contributed by atoms with van der Waals surface area (Å²) in [6.07, 6.45) is 9.40. The summed E-state index contributed by atoms with van der Waals surface area (Å²) in [4.78, 5) is 0. The van der Waals surface area contributed by atoms with Crippen molar-refractivity contribution in [2.45, 2.75) is 57.8 Å². The summed E-state index contributed by atoms with van der Waals surface area (Å²) in [5.41, 5.74) is 4.42. The van der Waals surface area contributed by atoms with Gasteiger partial charge in [0.2, 0.25) is 0 Å². The number of benzene rings is 2. The third kappa shape index (κ3) is 3.34. The van der Waals surface area contributed by atoms with E-state index in [1.807, 2.05) is 18.2 Å². The van der Waals surface area contributed by atoms with Gasteiger partial charge in [-0.3, -0.25) is 0 Å². The molecule has 1 fully saturated rings. The number of hydrogen-bond donors (Lipinski definition) is 0. The molecule has 136 valence electrons. The Morgan fingerprint density at radius 2 is 1.73 bits per heavy atom. The predicted molar refractivity (Wildman–Crippen MR) is 104 cm³/mol. The van der Waals surface area contributed by atoms with Gasteiger partial charge in [-0.05, 0) is 84.8 Å². The highest BCUT2D eigenvalue weighted by molar-refractivity contribution is 5.84. The summed E-state index contributed by atoms with van der Waals surface area (Å²) >= 11 is 0. The van der Waals surface area contributed by atoms with E-state index in [0.29, 0.717) is 24.3 Å². The highest BCUT2D eigenvalue weighted by Gasteiger charge is 2.23. The molecule has 0 aliphatic heterocycles. The van der Waals surface area contributed by atoms with Crippen LogP contribution in [0.4, 0.5) is 8.78 Å². The Kier molecular flexibility index (Phi) is 4.93. The number of rotatable bonds is 3. The molecular weight excluding hydrogens is 326 g/mol. The topological polar surface area (TPSA) is 0 Å². The molecule has 0 unspecified atom stereocenters. The van der Waals surface area contributed by atoms with E-state index in [9.17, 15) is 8.78 Å². The molecule has 2 aromatic carbocycles. The maximum absolute atomic E-state index is 14.9. The van der Waals surface area contributed by atoms with Crippen molar-refractivity contribution in [2.24, 2.45) is 5.92 Å². The molecule has 0 saturated heterocycles. The van der Waals surface area contributed by atoms with Crippen molar-refractivity contribution < 1.29 is 8.78 Å². The number of allylic oxidation sites excluding steroid dienone is 1. The van der Waals surface area contributed by atoms with Gasteiger partial charge in [-0.1, -0.05) is 43.7 Å². The third-order valence-corrected chi connectivity index (χ3v) is 6.36. The zero-order valence-corrected chi connectivity index (χ0v) is 15.4. The van der Waals surface area contributed by atoms with Crippen molar-refractivity contribution in [1.82, 2.24) is 0 Å². The van der Waals surface area contributed by atoms with Crippen molar-refractivity contribution in [2.75, 3.05) is 0 Å². The smallest absolute Gasteiger partial charge is 0.130 e. The molecule has 0 aromatic heterocycles. The van der Waals surface area contributed by atoms with Gasteiger partial charge in [-0.25, -0.2) is 8.78 Å². The van der Waals surface area contributed by atoms with E-state index in [1.165, 1.54) is 38.2 Å². The molecule has 0 amide bonds. The van der Waals surface area contributed by atoms with Crippen LogP contribution >= 0.6 is 0 Å². The number of halogens is 2. The van der Waals surface area contributed by atoms with E-state index in [0.717, 1.165) is 28.2 Å². The standard InChI is InChI=1S/C24H26F2/c1-2-16-6-8-17(9-7-16)18-10-12-22(24(26)15-18)20-11-13-21-19(14-20)4-3-5-23(21)25/h3-5,10,12,14-17H,2,6-9,11,13H2,1H3. The maximum atomic E-state index is 14.9. The molecule has 0 bridgehead atoms. The molecule has 4 rings (SSSR count). The van der Waals surface area contributed by atoms with Gasteiger partial charge in [-0.2, -0.15) is 0 Å². The van der Waals surface area contributed by atoms with Gasteiger partial charge in [0, 0.05) is 5.56 Å². The molecule has 2 heteroatoms. The molecule has 2 aliphatic carbocycles. The largest absolute Gasteiger partial charge is 0.207 e. The zero-order chi connectivity index (χ0) is 18.1. The predicted octanol–water partition coefficient (Wildman–Crippen LogP) is 7.14. The minimum absolute atomic E-state index is 0.133. The second-order valence-electron chi connectivity index (χ2n) is 7.84. The van der Waals surface area contributed by atoms with Gasteiger partial charge in [0.15, 0.2) is 0 Å². The summed E-state index contributed by atoms with van der Waals surface area (Å²) in [6, 6.07) is 10.9. The first-order valence-corrected chi connectivity index (χ1v) is 9.93. The van der Waals surface area contributed by atoms with Crippen LogP contribution in [0.15, 0.2) is 36.4 Å². The van der Waals surface area contributed by atoms with E-state index < -0.39 is 0 Å². The van der Waals surface area contributed by atoms with E-state index in [1.54, 1.807) is 12.1 Å². The second kappa shape index (κ2) is 7.34. The van der Waals surface area contributed by atoms with Crippen LogP contribution in [0.25, 0.3) is 11.6 Å². The number of fused-ring (bicyclic) bond motifs is 1. The molecule has 2 aromatic rings. The maximum Gasteiger partial charge on any atom is 0.130 e. The monoisotopic (exact) mass is 352 g/mol. The molecule has 0 N–H and O–H groups in total. The van der Waals surface area contributed by atoms with Crippen molar-refractivity contribution in [3.05, 3.63) is 70.3 Å². The van der Waals surface area contributed by atoms with Gasteiger partial charge >= 0.3 is 0 Å². The lowest BCUT2D eigenvalue weighted by Gasteiger charge is -2.28. The SMILES string of the molecule is CCC1CCC(c2ccc(C3=Cc4cccc(F)c4CC3)c(F)c2)CC1. The second-order valence-corrected chi connectivity index (χ2v) is 7.84. The molecule has 26 heavy (non-hydrogen) atoms. The third-order valence-electron chi connectivity index (χ3n) is 6.36. The fraction of sp³-hybridized carbons (Fsp3) is 0.417. The van der Waals surface area contributed by atoms with Gasteiger partial charge in [-0.15, -0.1) is 0 Å². The van der Waals surface area contributed by atoms with Crippen molar-refractivity contribution in [1.29, 1.82) is 0 Å². The molecule has 0 heterocycles. The van der Waals surface area contributed by atoms with Crippen LogP contribution in [-0.2, 0) is 6.42 Å². The lowest BCUT2D eigenvalue weighted by molar-refractivity contribution is 0.318. The van der Waals surface area contributed by atoms with Crippen LogP contribution in [-0.4, -0.2) is 0 Å². The highest BCUT2D eigenvalue weighted by atomic mass is 19.1. The zero-order valence-electron chi connectivity index (χ0n) is 15.4. The minimum Gasteiger partial charge on any atom is -0.207 e. The van der Waals surface area contributed by atoms with Crippen LogP contribution in [0.2, 0.25) is 0 Å².